The van der Waals surface area contributed by atoms with Crippen LogP contribution in [-0.4, -0.2) is 38.5 Å². The SMILES string of the molecule is CC1CN(Cc2cnc(Cl)cn2)CC(C)S1. The zero-order valence-electron chi connectivity index (χ0n) is 9.56. The molecular formula is C11H16ClN3S. The van der Waals surface area contributed by atoms with Crippen molar-refractivity contribution in [3.05, 3.63) is 23.2 Å². The van der Waals surface area contributed by atoms with E-state index < -0.39 is 0 Å². The van der Waals surface area contributed by atoms with Gasteiger partial charge in [0.15, 0.2) is 0 Å². The maximum Gasteiger partial charge on any atom is 0.147 e. The van der Waals surface area contributed by atoms with E-state index in [9.17, 15) is 0 Å². The van der Waals surface area contributed by atoms with Gasteiger partial charge in [-0.3, -0.25) is 9.88 Å². The van der Waals surface area contributed by atoms with Gasteiger partial charge in [-0.1, -0.05) is 25.4 Å². The van der Waals surface area contributed by atoms with Crippen LogP contribution in [0.25, 0.3) is 0 Å². The Hall–Kier alpha value is -0.320. The van der Waals surface area contributed by atoms with Gasteiger partial charge in [0.25, 0.3) is 0 Å². The molecule has 0 N–H and O–H groups in total. The van der Waals surface area contributed by atoms with E-state index in [0.29, 0.717) is 15.7 Å². The summed E-state index contributed by atoms with van der Waals surface area (Å²) in [5, 5.41) is 1.85. The number of rotatable bonds is 2. The lowest BCUT2D eigenvalue weighted by atomic mass is 10.3. The van der Waals surface area contributed by atoms with Crippen molar-refractivity contribution in [2.45, 2.75) is 30.9 Å². The fourth-order valence-corrected chi connectivity index (χ4v) is 3.55. The minimum atomic E-state index is 0.458. The molecule has 1 saturated heterocycles. The average molecular weight is 258 g/mol. The largest absolute Gasteiger partial charge is 0.295 e. The summed E-state index contributed by atoms with van der Waals surface area (Å²) in [7, 11) is 0. The zero-order chi connectivity index (χ0) is 11.5. The van der Waals surface area contributed by atoms with Gasteiger partial charge in [-0.15, -0.1) is 0 Å². The molecule has 1 fully saturated rings. The lowest BCUT2D eigenvalue weighted by molar-refractivity contribution is 0.259. The molecule has 5 heteroatoms. The monoisotopic (exact) mass is 257 g/mol. The van der Waals surface area contributed by atoms with Crippen LogP contribution >= 0.6 is 23.4 Å². The Morgan fingerprint density at radius 1 is 1.31 bits per heavy atom. The van der Waals surface area contributed by atoms with E-state index in [1.54, 1.807) is 12.4 Å². The van der Waals surface area contributed by atoms with Crippen molar-refractivity contribution >= 4 is 23.4 Å². The predicted molar refractivity (Wildman–Crippen MR) is 68.8 cm³/mol. The van der Waals surface area contributed by atoms with Crippen LogP contribution in [0, 0.1) is 0 Å². The van der Waals surface area contributed by atoms with Gasteiger partial charge in [0.05, 0.1) is 18.1 Å². The molecule has 88 valence electrons. The first kappa shape index (κ1) is 12.1. The second-order valence-corrected chi connectivity index (χ2v) is 6.55. The minimum Gasteiger partial charge on any atom is -0.295 e. The van der Waals surface area contributed by atoms with Crippen LogP contribution in [0.2, 0.25) is 5.15 Å². The fraction of sp³-hybridized carbons (Fsp3) is 0.636. The van der Waals surface area contributed by atoms with Crippen LogP contribution in [0.15, 0.2) is 12.4 Å². The van der Waals surface area contributed by atoms with Gasteiger partial charge < -0.3 is 0 Å². The third kappa shape index (κ3) is 3.34. The van der Waals surface area contributed by atoms with Gasteiger partial charge in [-0.25, -0.2) is 4.98 Å². The predicted octanol–water partition coefficient (Wildman–Crippen LogP) is 2.46. The second kappa shape index (κ2) is 5.34. The molecule has 1 aromatic heterocycles. The Balaban J connectivity index is 1.96. The number of halogens is 1. The van der Waals surface area contributed by atoms with E-state index in [2.05, 4.69) is 40.5 Å². The van der Waals surface area contributed by atoms with E-state index in [1.807, 2.05) is 0 Å². The molecule has 0 aromatic carbocycles. The van der Waals surface area contributed by atoms with Crippen LogP contribution in [-0.2, 0) is 6.54 Å². The Morgan fingerprint density at radius 2 is 2.00 bits per heavy atom. The van der Waals surface area contributed by atoms with Crippen molar-refractivity contribution in [3.8, 4) is 0 Å². The van der Waals surface area contributed by atoms with E-state index in [-0.39, 0.29) is 0 Å². The highest BCUT2D eigenvalue weighted by Crippen LogP contribution is 2.25. The van der Waals surface area contributed by atoms with Gasteiger partial charge in [0, 0.05) is 30.1 Å². The number of aromatic nitrogens is 2. The maximum atomic E-state index is 5.71. The topological polar surface area (TPSA) is 29.0 Å². The molecule has 0 radical (unpaired) electrons. The first-order valence-electron chi connectivity index (χ1n) is 5.47. The van der Waals surface area contributed by atoms with Gasteiger partial charge in [-0.05, 0) is 0 Å². The van der Waals surface area contributed by atoms with Crippen LogP contribution in [0.3, 0.4) is 0 Å². The highest BCUT2D eigenvalue weighted by Gasteiger charge is 2.22. The molecule has 1 aliphatic rings. The molecule has 2 atom stereocenters. The minimum absolute atomic E-state index is 0.458. The molecule has 0 bridgehead atoms. The lowest BCUT2D eigenvalue weighted by Gasteiger charge is -2.34. The molecule has 0 saturated carbocycles. The Labute approximate surface area is 106 Å². The molecule has 2 heterocycles. The van der Waals surface area contributed by atoms with Gasteiger partial charge in [0.1, 0.15) is 5.15 Å². The molecule has 0 amide bonds. The first-order valence-corrected chi connectivity index (χ1v) is 6.80. The lowest BCUT2D eigenvalue weighted by Crippen LogP contribution is -2.39. The number of hydrogen-bond donors (Lipinski definition) is 0. The maximum absolute atomic E-state index is 5.71. The van der Waals surface area contributed by atoms with E-state index >= 15 is 0 Å². The molecule has 1 aromatic rings. The zero-order valence-corrected chi connectivity index (χ0v) is 11.1. The molecule has 3 nitrogen and oxygen atoms in total. The summed E-state index contributed by atoms with van der Waals surface area (Å²) in [5.41, 5.74) is 0.996. The van der Waals surface area contributed by atoms with Crippen LogP contribution < -0.4 is 0 Å². The summed E-state index contributed by atoms with van der Waals surface area (Å²) in [5.74, 6) is 0. The first-order chi connectivity index (χ1) is 7.63. The van der Waals surface area contributed by atoms with Gasteiger partial charge >= 0.3 is 0 Å². The average Bonchev–Trinajstić information content (AvgIpc) is 2.20. The molecule has 0 aliphatic carbocycles. The van der Waals surface area contributed by atoms with E-state index in [1.165, 1.54) is 0 Å². The third-order valence-corrected chi connectivity index (χ3v) is 3.98. The summed E-state index contributed by atoms with van der Waals surface area (Å²) in [4.78, 5) is 10.8. The third-order valence-electron chi connectivity index (χ3n) is 2.55. The Morgan fingerprint density at radius 3 is 2.56 bits per heavy atom. The fourth-order valence-electron chi connectivity index (χ4n) is 2.06. The normalized spacial score (nSPS) is 26.9. The van der Waals surface area contributed by atoms with Crippen molar-refractivity contribution in [1.82, 2.24) is 14.9 Å². The van der Waals surface area contributed by atoms with Crippen molar-refractivity contribution in [2.75, 3.05) is 13.1 Å². The Kier molecular flexibility index (Phi) is 4.05. The van der Waals surface area contributed by atoms with Crippen LogP contribution in [0.5, 0.6) is 0 Å². The summed E-state index contributed by atoms with van der Waals surface area (Å²) in [6.07, 6.45) is 3.38. The van der Waals surface area contributed by atoms with Crippen LogP contribution in [0.1, 0.15) is 19.5 Å². The van der Waals surface area contributed by atoms with Crippen molar-refractivity contribution < 1.29 is 0 Å². The molecule has 2 rings (SSSR count). The number of nitrogens with zero attached hydrogens (tertiary/aromatic N) is 3. The van der Waals surface area contributed by atoms with E-state index in [0.717, 1.165) is 25.3 Å². The smallest absolute Gasteiger partial charge is 0.147 e. The van der Waals surface area contributed by atoms with Gasteiger partial charge in [0.2, 0.25) is 0 Å². The van der Waals surface area contributed by atoms with E-state index in [4.69, 9.17) is 11.6 Å². The second-order valence-electron chi connectivity index (χ2n) is 4.28. The summed E-state index contributed by atoms with van der Waals surface area (Å²) in [6.45, 7) is 7.68. The Bertz CT molecular complexity index is 334. The summed E-state index contributed by atoms with van der Waals surface area (Å²) in [6, 6.07) is 0. The van der Waals surface area contributed by atoms with Crippen LogP contribution in [0.4, 0.5) is 0 Å². The standard InChI is InChI=1S/C11H16ClN3S/c1-8-5-15(6-9(2)16-8)7-10-3-14-11(12)4-13-10/h3-4,8-9H,5-7H2,1-2H3. The number of thioether (sulfide) groups is 1. The van der Waals surface area contributed by atoms with Crippen molar-refractivity contribution in [2.24, 2.45) is 0 Å². The highest BCUT2D eigenvalue weighted by molar-refractivity contribution is 8.00. The number of hydrogen-bond acceptors (Lipinski definition) is 4. The molecule has 2 unspecified atom stereocenters. The highest BCUT2D eigenvalue weighted by atomic mass is 35.5. The van der Waals surface area contributed by atoms with Gasteiger partial charge in [-0.2, -0.15) is 11.8 Å². The quantitative estimate of drug-likeness (QED) is 0.814. The molecule has 1 aliphatic heterocycles. The van der Waals surface area contributed by atoms with Crippen molar-refractivity contribution in [3.63, 3.8) is 0 Å². The molecular weight excluding hydrogens is 242 g/mol. The van der Waals surface area contributed by atoms with Crippen molar-refractivity contribution in [1.29, 1.82) is 0 Å². The summed E-state index contributed by atoms with van der Waals surface area (Å²) < 4.78 is 0. The molecule has 0 spiro atoms. The summed E-state index contributed by atoms with van der Waals surface area (Å²) >= 11 is 7.77. The molecule has 16 heavy (non-hydrogen) atoms.